The molecule has 0 saturated carbocycles. The van der Waals surface area contributed by atoms with Crippen LogP contribution >= 0.6 is 0 Å². The van der Waals surface area contributed by atoms with Crippen LogP contribution in [-0.2, 0) is 24.0 Å². The molecule has 4 rings (SSSR count). The molecule has 0 aliphatic carbocycles. The molecule has 0 saturated heterocycles. The number of carbonyl (C=O) groups is 1. The van der Waals surface area contributed by atoms with Crippen LogP contribution in [0, 0.1) is 0 Å². The number of hydrogen-bond acceptors (Lipinski definition) is 3. The van der Waals surface area contributed by atoms with Gasteiger partial charge in [0.05, 0.1) is 18.2 Å². The van der Waals surface area contributed by atoms with Gasteiger partial charge in [-0.15, -0.1) is 0 Å². The second kappa shape index (κ2) is 7.28. The number of rotatable bonds is 3. The van der Waals surface area contributed by atoms with Gasteiger partial charge >= 0.3 is 12.1 Å². The van der Waals surface area contributed by atoms with E-state index in [9.17, 15) is 18.0 Å². The van der Waals surface area contributed by atoms with Gasteiger partial charge in [-0.2, -0.15) is 13.2 Å². The lowest BCUT2D eigenvalue weighted by Gasteiger charge is -2.21. The number of anilines is 1. The van der Waals surface area contributed by atoms with Gasteiger partial charge in [-0.05, 0) is 46.5 Å². The van der Waals surface area contributed by atoms with Crippen LogP contribution in [0.3, 0.4) is 0 Å². The molecule has 1 heterocycles. The number of halogens is 3. The molecule has 0 unspecified atom stereocenters. The predicted molar refractivity (Wildman–Crippen MR) is 105 cm³/mol. The largest absolute Gasteiger partial charge is 0.465 e. The fourth-order valence-electron chi connectivity index (χ4n) is 3.65. The average Bonchev–Trinajstić information content (AvgIpc) is 3.16. The Bertz CT molecular complexity index is 1060. The van der Waals surface area contributed by atoms with E-state index >= 15 is 0 Å². The van der Waals surface area contributed by atoms with Crippen molar-refractivity contribution in [2.24, 2.45) is 0 Å². The molecule has 1 aliphatic heterocycles. The number of carbonyl (C=O) groups excluding carboxylic acids is 1. The Hall–Kier alpha value is -3.28. The van der Waals surface area contributed by atoms with Crippen molar-refractivity contribution in [3.05, 3.63) is 89.0 Å². The second-order valence-electron chi connectivity index (χ2n) is 6.92. The van der Waals surface area contributed by atoms with Gasteiger partial charge in [-0.25, -0.2) is 4.79 Å². The van der Waals surface area contributed by atoms with Crippen molar-refractivity contribution in [2.75, 3.05) is 12.0 Å². The number of benzene rings is 3. The third kappa shape index (κ3) is 3.70. The van der Waals surface area contributed by atoms with Crippen molar-refractivity contribution in [1.82, 2.24) is 0 Å². The number of hydrogen-bond donors (Lipinski definition) is 0. The van der Waals surface area contributed by atoms with Crippen molar-refractivity contribution in [2.45, 2.75) is 19.3 Å². The van der Waals surface area contributed by atoms with Crippen molar-refractivity contribution in [1.29, 1.82) is 0 Å². The van der Waals surface area contributed by atoms with Gasteiger partial charge in [0.1, 0.15) is 0 Å². The van der Waals surface area contributed by atoms with Crippen molar-refractivity contribution in [3.63, 3.8) is 0 Å². The summed E-state index contributed by atoms with van der Waals surface area (Å²) in [6.45, 7) is 0.918. The van der Waals surface area contributed by atoms with E-state index in [-0.39, 0.29) is 5.56 Å². The molecule has 1 aliphatic rings. The molecule has 0 amide bonds. The monoisotopic (exact) mass is 397 g/mol. The Labute approximate surface area is 166 Å². The number of fused-ring (bicyclic) bond motifs is 1. The van der Waals surface area contributed by atoms with Crippen LogP contribution < -0.4 is 4.90 Å². The molecule has 0 atom stereocenters. The van der Waals surface area contributed by atoms with E-state index in [1.54, 1.807) is 48.5 Å². The summed E-state index contributed by atoms with van der Waals surface area (Å²) in [4.78, 5) is 13.6. The molecule has 0 radical (unpaired) electrons. The number of methoxy groups -OCH3 is 1. The van der Waals surface area contributed by atoms with E-state index in [4.69, 9.17) is 4.74 Å². The van der Waals surface area contributed by atoms with Gasteiger partial charge in [-0.3, -0.25) is 0 Å². The first-order chi connectivity index (χ1) is 13.9. The molecule has 0 spiro atoms. The van der Waals surface area contributed by atoms with E-state index in [1.165, 1.54) is 19.2 Å². The Kier molecular flexibility index (Phi) is 4.78. The van der Waals surface area contributed by atoms with Gasteiger partial charge < -0.3 is 9.64 Å². The number of ether oxygens (including phenoxy) is 1. The number of alkyl halides is 3. The minimum absolute atomic E-state index is 0.159. The molecule has 0 fully saturated rings. The van der Waals surface area contributed by atoms with Crippen molar-refractivity contribution >= 4 is 11.7 Å². The number of esters is 1. The van der Waals surface area contributed by atoms with E-state index in [1.807, 2.05) is 11.0 Å². The SMILES string of the molecule is COC(=O)c1ccc2c(c1)CN(c1ccc(-c3ccccc3)c(C(F)(F)F)c1)C2. The fourth-order valence-corrected chi connectivity index (χ4v) is 3.65. The van der Waals surface area contributed by atoms with E-state index in [2.05, 4.69) is 0 Å². The molecule has 3 aromatic carbocycles. The lowest BCUT2D eigenvalue weighted by atomic mass is 9.98. The zero-order valence-electron chi connectivity index (χ0n) is 15.7. The maximum atomic E-state index is 13.8. The summed E-state index contributed by atoms with van der Waals surface area (Å²) in [5.74, 6) is -0.433. The Morgan fingerprint density at radius 2 is 1.66 bits per heavy atom. The lowest BCUT2D eigenvalue weighted by molar-refractivity contribution is -0.137. The second-order valence-corrected chi connectivity index (χ2v) is 6.92. The minimum Gasteiger partial charge on any atom is -0.465 e. The Morgan fingerprint density at radius 3 is 2.34 bits per heavy atom. The number of nitrogens with zero attached hydrogens (tertiary/aromatic N) is 1. The third-order valence-corrected chi connectivity index (χ3v) is 5.11. The van der Waals surface area contributed by atoms with Gasteiger partial charge in [-0.1, -0.05) is 42.5 Å². The normalized spacial score (nSPS) is 13.3. The van der Waals surface area contributed by atoms with Crippen LogP contribution in [0.4, 0.5) is 18.9 Å². The topological polar surface area (TPSA) is 29.5 Å². The first-order valence-electron chi connectivity index (χ1n) is 9.08. The molecular formula is C23H18F3NO2. The van der Waals surface area contributed by atoms with Gasteiger partial charge in [0.25, 0.3) is 0 Å². The predicted octanol–water partition coefficient (Wildman–Crippen LogP) is 5.68. The minimum atomic E-state index is -4.47. The summed E-state index contributed by atoms with van der Waals surface area (Å²) < 4.78 is 46.1. The fraction of sp³-hybridized carbons (Fsp3) is 0.174. The first kappa shape index (κ1) is 19.1. The highest BCUT2D eigenvalue weighted by atomic mass is 19.4. The molecule has 148 valence electrons. The molecule has 0 aromatic heterocycles. The smallest absolute Gasteiger partial charge is 0.417 e. The Balaban J connectivity index is 1.68. The van der Waals surface area contributed by atoms with Crippen molar-refractivity contribution in [3.8, 4) is 11.1 Å². The van der Waals surface area contributed by atoms with Gasteiger partial charge in [0.2, 0.25) is 0 Å². The molecule has 0 bridgehead atoms. The zero-order chi connectivity index (χ0) is 20.6. The summed E-state index contributed by atoms with van der Waals surface area (Å²) in [5, 5.41) is 0. The first-order valence-corrected chi connectivity index (χ1v) is 9.08. The van der Waals surface area contributed by atoms with Crippen LogP contribution in [0.25, 0.3) is 11.1 Å². The van der Waals surface area contributed by atoms with Crippen molar-refractivity contribution < 1.29 is 22.7 Å². The lowest BCUT2D eigenvalue weighted by Crippen LogP contribution is -2.16. The average molecular weight is 397 g/mol. The summed E-state index contributed by atoms with van der Waals surface area (Å²) in [6, 6.07) is 18.2. The highest BCUT2D eigenvalue weighted by Gasteiger charge is 2.35. The van der Waals surface area contributed by atoms with Gasteiger partial charge in [0.15, 0.2) is 0 Å². The van der Waals surface area contributed by atoms with Gasteiger partial charge in [0, 0.05) is 18.8 Å². The molecular weight excluding hydrogens is 379 g/mol. The van der Waals surface area contributed by atoms with Crippen LogP contribution in [0.1, 0.15) is 27.0 Å². The molecule has 3 nitrogen and oxygen atoms in total. The van der Waals surface area contributed by atoms with Crippen LogP contribution in [-0.4, -0.2) is 13.1 Å². The highest BCUT2D eigenvalue weighted by molar-refractivity contribution is 5.89. The van der Waals surface area contributed by atoms with E-state index < -0.39 is 17.7 Å². The van der Waals surface area contributed by atoms with E-state index in [0.29, 0.717) is 29.9 Å². The summed E-state index contributed by atoms with van der Waals surface area (Å²) >= 11 is 0. The molecule has 3 aromatic rings. The summed E-state index contributed by atoms with van der Waals surface area (Å²) in [6.07, 6.45) is -4.47. The molecule has 29 heavy (non-hydrogen) atoms. The summed E-state index contributed by atoms with van der Waals surface area (Å²) in [7, 11) is 1.31. The zero-order valence-corrected chi connectivity index (χ0v) is 15.7. The molecule has 0 N–H and O–H groups in total. The van der Waals surface area contributed by atoms with Crippen LogP contribution in [0.5, 0.6) is 0 Å². The standard InChI is InChI=1S/C23H18F3NO2/c1-29-22(28)16-7-8-17-13-27(14-18(17)11-16)19-9-10-20(15-5-3-2-4-6-15)21(12-19)23(24,25)26/h2-12H,13-14H2,1H3. The van der Waals surface area contributed by atoms with Crippen LogP contribution in [0.2, 0.25) is 0 Å². The quantitative estimate of drug-likeness (QED) is 0.533. The summed E-state index contributed by atoms with van der Waals surface area (Å²) in [5.41, 5.74) is 2.85. The Morgan fingerprint density at radius 1 is 0.931 bits per heavy atom. The third-order valence-electron chi connectivity index (χ3n) is 5.11. The maximum absolute atomic E-state index is 13.8. The highest BCUT2D eigenvalue weighted by Crippen LogP contribution is 2.40. The maximum Gasteiger partial charge on any atom is 0.417 e. The van der Waals surface area contributed by atoms with E-state index in [0.717, 1.165) is 11.1 Å². The van der Waals surface area contributed by atoms with Crippen LogP contribution in [0.15, 0.2) is 66.7 Å². The molecule has 6 heteroatoms.